The highest BCUT2D eigenvalue weighted by molar-refractivity contribution is 5.92. The number of carbonyl (C=O) groups is 2. The number of hydrogen-bond acceptors (Lipinski definition) is 3. The van der Waals surface area contributed by atoms with Crippen molar-refractivity contribution >= 4 is 11.9 Å². The summed E-state index contributed by atoms with van der Waals surface area (Å²) in [6, 6.07) is 18.7. The first-order valence-corrected chi connectivity index (χ1v) is 8.19. The third kappa shape index (κ3) is 3.18. The van der Waals surface area contributed by atoms with E-state index in [2.05, 4.69) is 0 Å². The minimum atomic E-state index is -0.740. The second-order valence-electron chi connectivity index (χ2n) is 6.12. The fourth-order valence-corrected chi connectivity index (χ4v) is 3.15. The van der Waals surface area contributed by atoms with Crippen LogP contribution in [0.15, 0.2) is 60.7 Å². The van der Waals surface area contributed by atoms with E-state index in [4.69, 9.17) is 4.74 Å². The van der Waals surface area contributed by atoms with Gasteiger partial charge in [-0.15, -0.1) is 0 Å². The molecule has 0 aromatic heterocycles. The van der Waals surface area contributed by atoms with Crippen molar-refractivity contribution in [3.05, 3.63) is 71.8 Å². The summed E-state index contributed by atoms with van der Waals surface area (Å²) < 4.78 is 5.27. The molecule has 1 aliphatic rings. The van der Waals surface area contributed by atoms with Crippen molar-refractivity contribution in [1.29, 1.82) is 0 Å². The molecule has 4 nitrogen and oxygen atoms in total. The summed E-state index contributed by atoms with van der Waals surface area (Å²) in [5.41, 5.74) is 2.01. The van der Waals surface area contributed by atoms with E-state index in [1.54, 1.807) is 11.8 Å². The van der Waals surface area contributed by atoms with Gasteiger partial charge in [0.05, 0.1) is 6.04 Å². The van der Waals surface area contributed by atoms with Crippen LogP contribution in [-0.2, 0) is 20.7 Å². The van der Waals surface area contributed by atoms with Crippen molar-refractivity contribution in [3.8, 4) is 0 Å². The van der Waals surface area contributed by atoms with E-state index in [9.17, 15) is 9.59 Å². The topological polar surface area (TPSA) is 46.6 Å². The molecule has 0 saturated carbocycles. The first-order chi connectivity index (χ1) is 11.6. The molecule has 24 heavy (non-hydrogen) atoms. The number of ether oxygens (including phenoxy) is 1. The Kier molecular flexibility index (Phi) is 4.65. The first-order valence-electron chi connectivity index (χ1n) is 8.19. The highest BCUT2D eigenvalue weighted by atomic mass is 16.6. The number of benzene rings is 2. The molecule has 0 unspecified atom stereocenters. The molecular formula is C20H21NO3. The Hall–Kier alpha value is -2.62. The van der Waals surface area contributed by atoms with Crippen molar-refractivity contribution in [1.82, 2.24) is 4.90 Å². The van der Waals surface area contributed by atoms with Gasteiger partial charge in [-0.05, 0) is 25.0 Å². The van der Waals surface area contributed by atoms with Gasteiger partial charge in [0.1, 0.15) is 6.04 Å². The molecule has 1 heterocycles. The van der Waals surface area contributed by atoms with Gasteiger partial charge in [-0.2, -0.15) is 0 Å². The summed E-state index contributed by atoms with van der Waals surface area (Å²) in [5.74, 6) is -0.486. The maximum absolute atomic E-state index is 12.7. The molecule has 1 amide bonds. The van der Waals surface area contributed by atoms with Gasteiger partial charge in [0, 0.05) is 6.42 Å². The van der Waals surface area contributed by atoms with Crippen LogP contribution in [0.2, 0.25) is 0 Å². The molecular weight excluding hydrogens is 302 g/mol. The smallest absolute Gasteiger partial charge is 0.330 e. The molecule has 0 radical (unpaired) electrons. The molecule has 1 saturated heterocycles. The number of cyclic esters (lactones) is 1. The molecule has 2 aromatic rings. The van der Waals surface area contributed by atoms with Gasteiger partial charge in [-0.25, -0.2) is 4.79 Å². The van der Waals surface area contributed by atoms with E-state index in [1.807, 2.05) is 67.6 Å². The largest absolute Gasteiger partial charge is 0.451 e. The first kappa shape index (κ1) is 16.2. The SMILES string of the molecule is C[C@@H]1OC(=O)[C@@H](Cc2ccccc2)N([C@@H](C)c2ccccc2)C1=O. The van der Waals surface area contributed by atoms with Crippen molar-refractivity contribution in [3.63, 3.8) is 0 Å². The van der Waals surface area contributed by atoms with Crippen LogP contribution in [0.25, 0.3) is 0 Å². The third-order valence-electron chi connectivity index (χ3n) is 4.47. The lowest BCUT2D eigenvalue weighted by atomic mass is 9.98. The van der Waals surface area contributed by atoms with Crippen molar-refractivity contribution in [2.45, 2.75) is 38.5 Å². The second-order valence-corrected chi connectivity index (χ2v) is 6.12. The van der Waals surface area contributed by atoms with E-state index in [0.717, 1.165) is 11.1 Å². The average Bonchev–Trinajstić information content (AvgIpc) is 2.61. The number of hydrogen-bond donors (Lipinski definition) is 0. The summed E-state index contributed by atoms with van der Waals surface area (Å²) in [6.07, 6.45) is -0.286. The van der Waals surface area contributed by atoms with Crippen LogP contribution in [0, 0.1) is 0 Å². The zero-order valence-corrected chi connectivity index (χ0v) is 13.9. The van der Waals surface area contributed by atoms with E-state index in [0.29, 0.717) is 6.42 Å². The number of morpholine rings is 1. The Morgan fingerprint density at radius 1 is 1.00 bits per heavy atom. The maximum Gasteiger partial charge on any atom is 0.330 e. The van der Waals surface area contributed by atoms with Crippen LogP contribution in [0.5, 0.6) is 0 Å². The maximum atomic E-state index is 12.7. The Morgan fingerprint density at radius 2 is 1.58 bits per heavy atom. The second kappa shape index (κ2) is 6.87. The minimum Gasteiger partial charge on any atom is -0.451 e. The van der Waals surface area contributed by atoms with Gasteiger partial charge in [0.15, 0.2) is 6.10 Å². The van der Waals surface area contributed by atoms with Gasteiger partial charge in [-0.3, -0.25) is 4.79 Å². The van der Waals surface area contributed by atoms with E-state index < -0.39 is 12.1 Å². The monoisotopic (exact) mass is 323 g/mol. The Labute approximate surface area is 142 Å². The third-order valence-corrected chi connectivity index (χ3v) is 4.47. The fourth-order valence-electron chi connectivity index (χ4n) is 3.15. The molecule has 4 heteroatoms. The van der Waals surface area contributed by atoms with Crippen LogP contribution >= 0.6 is 0 Å². The van der Waals surface area contributed by atoms with E-state index in [1.165, 1.54) is 0 Å². The van der Waals surface area contributed by atoms with Gasteiger partial charge >= 0.3 is 5.97 Å². The molecule has 0 aliphatic carbocycles. The van der Waals surface area contributed by atoms with Crippen molar-refractivity contribution < 1.29 is 14.3 Å². The molecule has 0 bridgehead atoms. The normalized spacial score (nSPS) is 22.2. The highest BCUT2D eigenvalue weighted by Gasteiger charge is 2.43. The van der Waals surface area contributed by atoms with Gasteiger partial charge < -0.3 is 9.64 Å². The zero-order chi connectivity index (χ0) is 17.1. The molecule has 0 spiro atoms. The Balaban J connectivity index is 1.93. The Bertz CT molecular complexity index is 714. The van der Waals surface area contributed by atoms with Crippen LogP contribution in [0.3, 0.4) is 0 Å². The number of nitrogens with zero attached hydrogens (tertiary/aromatic N) is 1. The minimum absolute atomic E-state index is 0.146. The van der Waals surface area contributed by atoms with Crippen LogP contribution in [-0.4, -0.2) is 28.9 Å². The highest BCUT2D eigenvalue weighted by Crippen LogP contribution is 2.29. The van der Waals surface area contributed by atoms with Gasteiger partial charge in [0.2, 0.25) is 0 Å². The summed E-state index contributed by atoms with van der Waals surface area (Å²) >= 11 is 0. The average molecular weight is 323 g/mol. The van der Waals surface area contributed by atoms with Crippen LogP contribution in [0.4, 0.5) is 0 Å². The lowest BCUT2D eigenvalue weighted by Crippen LogP contribution is -2.57. The van der Waals surface area contributed by atoms with Crippen molar-refractivity contribution in [2.24, 2.45) is 0 Å². The molecule has 1 aliphatic heterocycles. The number of amides is 1. The summed E-state index contributed by atoms with van der Waals surface area (Å²) in [5, 5.41) is 0. The molecule has 1 fully saturated rings. The number of rotatable bonds is 4. The van der Waals surface area contributed by atoms with Crippen molar-refractivity contribution in [2.75, 3.05) is 0 Å². The number of esters is 1. The molecule has 2 aromatic carbocycles. The zero-order valence-electron chi connectivity index (χ0n) is 13.9. The van der Waals surface area contributed by atoms with Crippen LogP contribution in [0.1, 0.15) is 31.0 Å². The fraction of sp³-hybridized carbons (Fsp3) is 0.300. The van der Waals surface area contributed by atoms with E-state index >= 15 is 0 Å². The molecule has 124 valence electrons. The standard InChI is InChI=1S/C20H21NO3/c1-14(17-11-7-4-8-12-17)21-18(13-16-9-5-3-6-10-16)20(23)24-15(2)19(21)22/h3-12,14-15,18H,13H2,1-2H3/t14-,15-,18+/m0/s1. The lowest BCUT2D eigenvalue weighted by Gasteiger charge is -2.41. The predicted molar refractivity (Wildman–Crippen MR) is 91.2 cm³/mol. The van der Waals surface area contributed by atoms with E-state index in [-0.39, 0.29) is 17.9 Å². The predicted octanol–water partition coefficient (Wildman–Crippen LogP) is 3.13. The van der Waals surface area contributed by atoms with Gasteiger partial charge in [-0.1, -0.05) is 60.7 Å². The summed E-state index contributed by atoms with van der Waals surface area (Å²) in [6.45, 7) is 3.58. The molecule has 3 atom stereocenters. The summed E-state index contributed by atoms with van der Waals surface area (Å²) in [4.78, 5) is 26.9. The quantitative estimate of drug-likeness (QED) is 0.812. The van der Waals surface area contributed by atoms with Gasteiger partial charge in [0.25, 0.3) is 5.91 Å². The summed E-state index contributed by atoms with van der Waals surface area (Å²) in [7, 11) is 0. The lowest BCUT2D eigenvalue weighted by molar-refractivity contribution is -0.179. The van der Waals surface area contributed by atoms with Crippen LogP contribution < -0.4 is 0 Å². The molecule has 3 rings (SSSR count). The molecule has 0 N–H and O–H groups in total. The Morgan fingerprint density at radius 3 is 2.21 bits per heavy atom. The number of carbonyl (C=O) groups excluding carboxylic acids is 2.